The van der Waals surface area contributed by atoms with Gasteiger partial charge in [-0.2, -0.15) is 0 Å². The number of anilines is 1. The largest absolute Gasteiger partial charge is 0.496 e. The van der Waals surface area contributed by atoms with Gasteiger partial charge in [0.1, 0.15) is 18.3 Å². The summed E-state index contributed by atoms with van der Waals surface area (Å²) in [5.41, 5.74) is 1.91. The lowest BCUT2D eigenvalue weighted by Crippen LogP contribution is -2.53. The first-order chi connectivity index (χ1) is 20.5. The van der Waals surface area contributed by atoms with Crippen molar-refractivity contribution in [2.45, 2.75) is 69.5 Å². The maximum atomic E-state index is 14.2. The fourth-order valence-corrected chi connectivity index (χ4v) is 7.46. The number of halogens is 2. The molecule has 0 radical (unpaired) electrons. The summed E-state index contributed by atoms with van der Waals surface area (Å²) in [6, 6.07) is 17.6. The summed E-state index contributed by atoms with van der Waals surface area (Å²) < 4.78 is 35.0. The molecule has 0 aliphatic heterocycles. The van der Waals surface area contributed by atoms with Crippen molar-refractivity contribution < 1.29 is 22.7 Å². The number of ether oxygens (including phenoxy) is 1. The van der Waals surface area contributed by atoms with Crippen LogP contribution in [0.4, 0.5) is 5.69 Å². The second-order valence-electron chi connectivity index (χ2n) is 10.8. The van der Waals surface area contributed by atoms with Gasteiger partial charge in [0.25, 0.3) is 10.0 Å². The first-order valence-corrected chi connectivity index (χ1v) is 16.9. The molecule has 1 aliphatic carbocycles. The second-order valence-corrected chi connectivity index (χ2v) is 13.9. The fraction of sp³-hybridized carbons (Fsp3) is 0.375. The van der Waals surface area contributed by atoms with Gasteiger partial charge in [-0.15, -0.1) is 0 Å². The quantitative estimate of drug-likeness (QED) is 0.249. The lowest BCUT2D eigenvalue weighted by Gasteiger charge is -2.33. The summed E-state index contributed by atoms with van der Waals surface area (Å²) in [6.45, 7) is 3.07. The van der Waals surface area contributed by atoms with Crippen molar-refractivity contribution in [2.75, 3.05) is 18.0 Å². The molecule has 3 aromatic rings. The van der Waals surface area contributed by atoms with E-state index in [1.807, 2.05) is 6.92 Å². The van der Waals surface area contributed by atoms with Gasteiger partial charge in [0, 0.05) is 17.6 Å². The van der Waals surface area contributed by atoms with E-state index in [9.17, 15) is 18.0 Å². The highest BCUT2D eigenvalue weighted by Gasteiger charge is 2.33. The van der Waals surface area contributed by atoms with Gasteiger partial charge in [-0.05, 0) is 84.6 Å². The monoisotopic (exact) mass is 689 g/mol. The number of aryl methyl sites for hydroxylation is 1. The molecule has 0 unspecified atom stereocenters. The summed E-state index contributed by atoms with van der Waals surface area (Å²) in [6.07, 6.45) is 5.04. The number of nitrogens with one attached hydrogen (secondary N) is 1. The van der Waals surface area contributed by atoms with Crippen LogP contribution in [-0.4, -0.2) is 50.9 Å². The van der Waals surface area contributed by atoms with Gasteiger partial charge in [0.05, 0.1) is 22.2 Å². The Morgan fingerprint density at radius 2 is 1.72 bits per heavy atom. The standard InChI is InChI=1S/C32H37BrClN3O5S/c1-22-13-15-26(16-14-22)37(43(40,41)27-17-18-30(42-3)28(33)19-27)21-31(38)36(20-24-9-7-8-12-29(24)34)23(2)32(39)35-25-10-5-4-6-11-25/h7-9,12-19,23,25H,4-6,10-11,20-21H2,1-3H3,(H,35,39)/t23-/m0/s1. The third-order valence-electron chi connectivity index (χ3n) is 7.73. The molecule has 1 fully saturated rings. The number of carbonyl (C=O) groups excluding carboxylic acids is 2. The number of hydrogen-bond donors (Lipinski definition) is 1. The molecule has 230 valence electrons. The van der Waals surface area contributed by atoms with Gasteiger partial charge in [0.2, 0.25) is 11.8 Å². The molecule has 0 saturated heterocycles. The van der Waals surface area contributed by atoms with Crippen LogP contribution in [-0.2, 0) is 26.2 Å². The van der Waals surface area contributed by atoms with Crippen LogP contribution in [0.3, 0.4) is 0 Å². The van der Waals surface area contributed by atoms with E-state index in [4.69, 9.17) is 16.3 Å². The van der Waals surface area contributed by atoms with Crippen molar-refractivity contribution in [3.8, 4) is 5.75 Å². The van der Waals surface area contributed by atoms with E-state index in [0.29, 0.717) is 26.5 Å². The van der Waals surface area contributed by atoms with Gasteiger partial charge in [-0.1, -0.05) is 66.8 Å². The minimum atomic E-state index is -4.22. The Morgan fingerprint density at radius 1 is 1.05 bits per heavy atom. The maximum Gasteiger partial charge on any atom is 0.264 e. The number of nitrogens with zero attached hydrogens (tertiary/aromatic N) is 2. The van der Waals surface area contributed by atoms with Crippen LogP contribution in [0.2, 0.25) is 5.02 Å². The number of methoxy groups -OCH3 is 1. The minimum Gasteiger partial charge on any atom is -0.496 e. The Kier molecular flexibility index (Phi) is 11.1. The number of sulfonamides is 1. The smallest absolute Gasteiger partial charge is 0.264 e. The number of rotatable bonds is 11. The highest BCUT2D eigenvalue weighted by atomic mass is 79.9. The van der Waals surface area contributed by atoms with Crippen LogP contribution in [0, 0.1) is 6.92 Å². The van der Waals surface area contributed by atoms with Crippen molar-refractivity contribution in [1.82, 2.24) is 10.2 Å². The topological polar surface area (TPSA) is 96.0 Å². The molecule has 1 atom stereocenters. The van der Waals surface area contributed by atoms with E-state index in [2.05, 4.69) is 21.2 Å². The molecule has 4 rings (SSSR count). The summed E-state index contributed by atoms with van der Waals surface area (Å²) in [4.78, 5) is 29.0. The molecule has 0 aromatic heterocycles. The van der Waals surface area contributed by atoms with Crippen molar-refractivity contribution in [3.63, 3.8) is 0 Å². The summed E-state index contributed by atoms with van der Waals surface area (Å²) >= 11 is 9.83. The van der Waals surface area contributed by atoms with Gasteiger partial charge in [0.15, 0.2) is 0 Å². The third-order valence-corrected chi connectivity index (χ3v) is 10.5. The molecule has 1 N–H and O–H groups in total. The lowest BCUT2D eigenvalue weighted by atomic mass is 9.95. The van der Waals surface area contributed by atoms with Crippen LogP contribution in [0.25, 0.3) is 0 Å². The number of benzene rings is 3. The van der Waals surface area contributed by atoms with E-state index in [0.717, 1.165) is 42.0 Å². The maximum absolute atomic E-state index is 14.2. The van der Waals surface area contributed by atoms with Gasteiger partial charge >= 0.3 is 0 Å². The molecule has 2 amide bonds. The first-order valence-electron chi connectivity index (χ1n) is 14.3. The van der Waals surface area contributed by atoms with Crippen LogP contribution in [0.5, 0.6) is 5.75 Å². The Morgan fingerprint density at radius 3 is 2.35 bits per heavy atom. The Hall–Kier alpha value is -3.08. The molecule has 3 aromatic carbocycles. The Balaban J connectivity index is 1.70. The van der Waals surface area contributed by atoms with E-state index in [-0.39, 0.29) is 23.4 Å². The summed E-state index contributed by atoms with van der Waals surface area (Å²) in [7, 11) is -2.73. The number of hydrogen-bond acceptors (Lipinski definition) is 5. The van der Waals surface area contributed by atoms with Crippen LogP contribution >= 0.6 is 27.5 Å². The minimum absolute atomic E-state index is 0.0192. The van der Waals surface area contributed by atoms with E-state index < -0.39 is 28.5 Å². The third kappa shape index (κ3) is 8.10. The van der Waals surface area contributed by atoms with Crippen molar-refractivity contribution >= 4 is 55.1 Å². The van der Waals surface area contributed by atoms with Crippen molar-refractivity contribution in [1.29, 1.82) is 0 Å². The van der Waals surface area contributed by atoms with Crippen LogP contribution in [0.15, 0.2) is 76.1 Å². The molecular formula is C32H37BrClN3O5S. The van der Waals surface area contributed by atoms with Crippen LogP contribution < -0.4 is 14.4 Å². The summed E-state index contributed by atoms with van der Waals surface area (Å²) in [5, 5.41) is 3.55. The van der Waals surface area contributed by atoms with E-state index >= 15 is 0 Å². The molecule has 0 heterocycles. The normalized spacial score (nSPS) is 14.5. The predicted molar refractivity (Wildman–Crippen MR) is 173 cm³/mol. The zero-order valence-corrected chi connectivity index (χ0v) is 27.7. The van der Waals surface area contributed by atoms with Gasteiger partial charge in [-0.3, -0.25) is 13.9 Å². The zero-order valence-electron chi connectivity index (χ0n) is 24.6. The van der Waals surface area contributed by atoms with Gasteiger partial charge < -0.3 is 15.0 Å². The molecule has 8 nitrogen and oxygen atoms in total. The predicted octanol–water partition coefficient (Wildman–Crippen LogP) is 6.48. The zero-order chi connectivity index (χ0) is 31.1. The van der Waals surface area contributed by atoms with Crippen molar-refractivity contribution in [3.05, 3.63) is 87.4 Å². The molecule has 0 bridgehead atoms. The average molecular weight is 691 g/mol. The molecule has 0 spiro atoms. The van der Waals surface area contributed by atoms with E-state index in [1.54, 1.807) is 61.5 Å². The molecular weight excluding hydrogens is 654 g/mol. The SMILES string of the molecule is COc1ccc(S(=O)(=O)N(CC(=O)N(Cc2ccccc2Cl)[C@@H](C)C(=O)NC2CCCCC2)c2ccc(C)cc2)cc1Br. The average Bonchev–Trinajstić information content (AvgIpc) is 3.00. The Labute approximate surface area is 267 Å². The molecule has 1 aliphatic rings. The number of carbonyl (C=O) groups is 2. The Bertz CT molecular complexity index is 1540. The fourth-order valence-electron chi connectivity index (χ4n) is 5.14. The van der Waals surface area contributed by atoms with Crippen LogP contribution in [0.1, 0.15) is 50.2 Å². The first kappa shape index (κ1) is 32.8. The molecule has 11 heteroatoms. The molecule has 1 saturated carbocycles. The summed E-state index contributed by atoms with van der Waals surface area (Å²) in [5.74, 6) is -0.347. The number of amides is 2. The lowest BCUT2D eigenvalue weighted by molar-refractivity contribution is -0.139. The molecule has 43 heavy (non-hydrogen) atoms. The highest BCUT2D eigenvalue weighted by molar-refractivity contribution is 9.10. The van der Waals surface area contributed by atoms with Crippen molar-refractivity contribution in [2.24, 2.45) is 0 Å². The second kappa shape index (κ2) is 14.6. The van der Waals surface area contributed by atoms with Gasteiger partial charge in [-0.25, -0.2) is 8.42 Å². The highest BCUT2D eigenvalue weighted by Crippen LogP contribution is 2.31. The van der Waals surface area contributed by atoms with E-state index in [1.165, 1.54) is 24.1 Å².